The molecule has 6 nitrogen and oxygen atoms in total. The number of halogens is 1. The van der Waals surface area contributed by atoms with E-state index in [2.05, 4.69) is 10.1 Å². The molecule has 2 N–H and O–H groups in total. The largest absolute Gasteiger partial charge is 0.392 e. The molecule has 0 radical (unpaired) electrons. The number of hydrogen-bond donors (Lipinski definition) is 1. The maximum absolute atomic E-state index is 12.0. The van der Waals surface area contributed by atoms with E-state index < -0.39 is 0 Å². The molecule has 0 saturated heterocycles. The molecule has 0 bridgehead atoms. The fraction of sp³-hybridized carbons (Fsp3) is 0.500. The maximum Gasteiger partial charge on any atom is 0.278 e. The van der Waals surface area contributed by atoms with Crippen LogP contribution in [0.2, 0.25) is 5.15 Å². The van der Waals surface area contributed by atoms with Gasteiger partial charge in [0.15, 0.2) is 5.15 Å². The lowest BCUT2D eigenvalue weighted by Crippen LogP contribution is -2.24. The Hall–Kier alpha value is -1.82. The van der Waals surface area contributed by atoms with Gasteiger partial charge in [-0.15, -0.1) is 0 Å². The van der Waals surface area contributed by atoms with Gasteiger partial charge in [0.05, 0.1) is 24.6 Å². The van der Waals surface area contributed by atoms with Gasteiger partial charge in [-0.1, -0.05) is 30.9 Å². The van der Waals surface area contributed by atoms with Crippen molar-refractivity contribution in [2.75, 3.05) is 5.73 Å². The molecule has 1 saturated carbocycles. The number of hydrogen-bond acceptors (Lipinski definition) is 4. The highest BCUT2D eigenvalue weighted by atomic mass is 35.5. The highest BCUT2D eigenvalue weighted by Crippen LogP contribution is 2.27. The molecule has 3 rings (SSSR count). The van der Waals surface area contributed by atoms with Crippen LogP contribution in [0.4, 0.5) is 5.69 Å². The molecule has 21 heavy (non-hydrogen) atoms. The van der Waals surface area contributed by atoms with Gasteiger partial charge in [-0.05, 0) is 18.9 Å². The summed E-state index contributed by atoms with van der Waals surface area (Å²) >= 11 is 5.73. The fourth-order valence-electron chi connectivity index (χ4n) is 2.78. The van der Waals surface area contributed by atoms with E-state index in [0.717, 1.165) is 5.69 Å². The second kappa shape index (κ2) is 5.89. The Labute approximate surface area is 127 Å². The van der Waals surface area contributed by atoms with Crippen molar-refractivity contribution in [1.82, 2.24) is 19.3 Å². The zero-order chi connectivity index (χ0) is 14.8. The quantitative estimate of drug-likeness (QED) is 0.882. The van der Waals surface area contributed by atoms with Crippen LogP contribution in [0.25, 0.3) is 0 Å². The molecule has 112 valence electrons. The molecule has 0 spiro atoms. The first-order chi connectivity index (χ1) is 10.1. The second-order valence-corrected chi connectivity index (χ2v) is 5.82. The van der Waals surface area contributed by atoms with Crippen molar-refractivity contribution in [3.8, 4) is 0 Å². The minimum atomic E-state index is -0.331. The lowest BCUT2D eigenvalue weighted by molar-refractivity contribution is 0.328. The maximum atomic E-state index is 12.0. The molecule has 2 heterocycles. The van der Waals surface area contributed by atoms with Crippen LogP contribution >= 0.6 is 11.6 Å². The van der Waals surface area contributed by atoms with Crippen LogP contribution in [0.1, 0.15) is 43.8 Å². The van der Waals surface area contributed by atoms with E-state index in [-0.39, 0.29) is 16.4 Å². The summed E-state index contributed by atoms with van der Waals surface area (Å²) in [5.74, 6) is 0. The Morgan fingerprint density at radius 1 is 1.33 bits per heavy atom. The summed E-state index contributed by atoms with van der Waals surface area (Å²) in [6.45, 7) is 0.354. The summed E-state index contributed by atoms with van der Waals surface area (Å²) in [5, 5.41) is 4.62. The summed E-state index contributed by atoms with van der Waals surface area (Å²) in [6.07, 6.45) is 9.58. The third-order valence-electron chi connectivity index (χ3n) is 3.97. The van der Waals surface area contributed by atoms with Crippen LogP contribution < -0.4 is 11.3 Å². The molecular formula is C14H18ClN5O. The topological polar surface area (TPSA) is 78.7 Å². The SMILES string of the molecule is Nc1c(Cl)ncn(Cc2ccn(C3CCCCC3)n2)c1=O. The third-order valence-corrected chi connectivity index (χ3v) is 4.27. The molecule has 2 aromatic rings. The highest BCUT2D eigenvalue weighted by Gasteiger charge is 2.16. The Morgan fingerprint density at radius 2 is 2.10 bits per heavy atom. The molecule has 0 amide bonds. The molecule has 0 aliphatic heterocycles. The van der Waals surface area contributed by atoms with E-state index in [1.165, 1.54) is 43.0 Å². The van der Waals surface area contributed by atoms with Gasteiger partial charge in [0.2, 0.25) is 0 Å². The molecule has 0 aromatic carbocycles. The molecule has 1 aliphatic rings. The summed E-state index contributed by atoms with van der Waals surface area (Å²) in [4.78, 5) is 15.9. The standard InChI is InChI=1S/C14H18ClN5O/c15-13-12(16)14(21)19(9-17-13)8-10-6-7-20(18-10)11-4-2-1-3-5-11/h6-7,9,11H,1-5,8,16H2. The van der Waals surface area contributed by atoms with Gasteiger partial charge in [-0.25, -0.2) is 4.98 Å². The minimum Gasteiger partial charge on any atom is -0.392 e. The first-order valence-corrected chi connectivity index (χ1v) is 7.57. The number of nitrogens with two attached hydrogens (primary N) is 1. The van der Waals surface area contributed by atoms with Gasteiger partial charge in [0.25, 0.3) is 5.56 Å². The Bertz CT molecular complexity index is 687. The average Bonchev–Trinajstić information content (AvgIpc) is 2.97. The van der Waals surface area contributed by atoms with E-state index in [1.807, 2.05) is 16.9 Å². The monoisotopic (exact) mass is 307 g/mol. The zero-order valence-electron chi connectivity index (χ0n) is 11.7. The van der Waals surface area contributed by atoms with Crippen molar-refractivity contribution in [2.24, 2.45) is 0 Å². The summed E-state index contributed by atoms with van der Waals surface area (Å²) in [7, 11) is 0. The molecule has 2 aromatic heterocycles. The minimum absolute atomic E-state index is 0.0223. The van der Waals surface area contributed by atoms with Crippen LogP contribution in [-0.2, 0) is 6.54 Å². The van der Waals surface area contributed by atoms with Crippen molar-refractivity contribution in [1.29, 1.82) is 0 Å². The fourth-order valence-corrected chi connectivity index (χ4v) is 2.91. The van der Waals surface area contributed by atoms with E-state index in [4.69, 9.17) is 17.3 Å². The molecule has 0 unspecified atom stereocenters. The lowest BCUT2D eigenvalue weighted by Gasteiger charge is -2.21. The normalized spacial score (nSPS) is 16.2. The second-order valence-electron chi connectivity index (χ2n) is 5.46. The first-order valence-electron chi connectivity index (χ1n) is 7.19. The molecule has 0 atom stereocenters. The highest BCUT2D eigenvalue weighted by molar-refractivity contribution is 6.31. The molecule has 1 fully saturated rings. The summed E-state index contributed by atoms with van der Waals surface area (Å²) in [6, 6.07) is 2.42. The van der Waals surface area contributed by atoms with E-state index in [0.29, 0.717) is 12.6 Å². The molecular weight excluding hydrogens is 290 g/mol. The third kappa shape index (κ3) is 2.95. The van der Waals surface area contributed by atoms with Crippen molar-refractivity contribution in [2.45, 2.75) is 44.7 Å². The number of rotatable bonds is 3. The predicted octanol–water partition coefficient (Wildman–Crippen LogP) is 2.23. The van der Waals surface area contributed by atoms with Gasteiger partial charge in [-0.2, -0.15) is 5.10 Å². The molecule has 7 heteroatoms. The van der Waals surface area contributed by atoms with E-state index in [1.54, 1.807) is 0 Å². The Kier molecular flexibility index (Phi) is 3.96. The smallest absolute Gasteiger partial charge is 0.278 e. The van der Waals surface area contributed by atoms with E-state index >= 15 is 0 Å². The van der Waals surface area contributed by atoms with E-state index in [9.17, 15) is 4.79 Å². The zero-order valence-corrected chi connectivity index (χ0v) is 12.5. The van der Waals surface area contributed by atoms with Crippen molar-refractivity contribution >= 4 is 17.3 Å². The summed E-state index contributed by atoms with van der Waals surface area (Å²) < 4.78 is 3.45. The first kappa shape index (κ1) is 14.1. The number of nitrogens with zero attached hydrogens (tertiary/aromatic N) is 4. The van der Waals surface area contributed by atoms with Gasteiger partial charge in [0, 0.05) is 6.20 Å². The Balaban J connectivity index is 1.78. The number of aromatic nitrogens is 4. The van der Waals surface area contributed by atoms with Crippen LogP contribution in [-0.4, -0.2) is 19.3 Å². The molecule has 1 aliphatic carbocycles. The number of nitrogen functional groups attached to an aromatic ring is 1. The van der Waals surface area contributed by atoms with Gasteiger partial charge < -0.3 is 5.73 Å². The van der Waals surface area contributed by atoms with Gasteiger partial charge in [-0.3, -0.25) is 14.0 Å². The average molecular weight is 308 g/mol. The Morgan fingerprint density at radius 3 is 2.86 bits per heavy atom. The van der Waals surface area contributed by atoms with Crippen molar-refractivity contribution < 1.29 is 0 Å². The summed E-state index contributed by atoms with van der Waals surface area (Å²) in [5.41, 5.74) is 6.08. The van der Waals surface area contributed by atoms with Gasteiger partial charge in [0.1, 0.15) is 5.69 Å². The lowest BCUT2D eigenvalue weighted by atomic mass is 9.96. The van der Waals surface area contributed by atoms with Crippen molar-refractivity contribution in [3.63, 3.8) is 0 Å². The van der Waals surface area contributed by atoms with Crippen LogP contribution in [0.15, 0.2) is 23.4 Å². The predicted molar refractivity (Wildman–Crippen MR) is 81.4 cm³/mol. The van der Waals surface area contributed by atoms with Crippen LogP contribution in [0, 0.1) is 0 Å². The van der Waals surface area contributed by atoms with Gasteiger partial charge >= 0.3 is 0 Å². The van der Waals surface area contributed by atoms with Crippen molar-refractivity contribution in [3.05, 3.63) is 39.8 Å². The van der Waals surface area contributed by atoms with Crippen LogP contribution in [0.5, 0.6) is 0 Å². The number of anilines is 1. The van der Waals surface area contributed by atoms with Crippen LogP contribution in [0.3, 0.4) is 0 Å².